The maximum atomic E-state index is 8.24. The Balaban J connectivity index is 2.90. The molecule has 0 aliphatic rings. The van der Waals surface area contributed by atoms with Gasteiger partial charge in [0.2, 0.25) is 0 Å². The van der Waals surface area contributed by atoms with Crippen LogP contribution in [0.1, 0.15) is 18.5 Å². The average molecular weight is 122 g/mol. The maximum Gasteiger partial charge on any atom is 0.300 e. The lowest BCUT2D eigenvalue weighted by Crippen LogP contribution is -1.77. The van der Waals surface area contributed by atoms with E-state index >= 15 is 0 Å². The summed E-state index contributed by atoms with van der Waals surface area (Å²) in [6.45, 7) is 1.96. The van der Waals surface area contributed by atoms with E-state index in [1.807, 2.05) is 6.92 Å². The molecule has 3 heteroatoms. The third-order valence-corrected chi connectivity index (χ3v) is 1.01. The molecule has 0 aliphatic heterocycles. The van der Waals surface area contributed by atoms with Crippen molar-refractivity contribution in [2.24, 2.45) is 0 Å². The lowest BCUT2D eigenvalue weighted by Gasteiger charge is -1.75. The quantitative estimate of drug-likeness (QED) is 0.560. The lowest BCUT2D eigenvalue weighted by atomic mass is 10.4. The molecule has 0 radical (unpaired) electrons. The molecule has 1 rings (SSSR count). The van der Waals surface area contributed by atoms with E-state index in [0.717, 1.165) is 12.1 Å². The highest BCUT2D eigenvalue weighted by atomic mass is 16.3. The standard InChI is InChI=1S/C6H6N2O/c1-2-5-4-9-6(3-7)8-5/h4H,2H2,1H3. The molecule has 46 valence electrons. The Bertz CT molecular complexity index is 233. The van der Waals surface area contributed by atoms with Crippen LogP contribution in [-0.4, -0.2) is 4.98 Å². The molecular weight excluding hydrogens is 116 g/mol. The molecule has 0 atom stereocenters. The van der Waals surface area contributed by atoms with Gasteiger partial charge in [0.1, 0.15) is 6.26 Å². The van der Waals surface area contributed by atoms with Crippen molar-refractivity contribution >= 4 is 0 Å². The lowest BCUT2D eigenvalue weighted by molar-refractivity contribution is 0.541. The van der Waals surface area contributed by atoms with Crippen molar-refractivity contribution in [3.63, 3.8) is 0 Å². The van der Waals surface area contributed by atoms with Crippen LogP contribution in [0.15, 0.2) is 10.7 Å². The molecule has 1 aromatic heterocycles. The molecule has 1 aromatic rings. The van der Waals surface area contributed by atoms with Crippen LogP contribution < -0.4 is 0 Å². The number of aromatic nitrogens is 1. The van der Waals surface area contributed by atoms with Gasteiger partial charge in [-0.3, -0.25) is 0 Å². The second-order valence-corrected chi connectivity index (χ2v) is 1.61. The zero-order valence-corrected chi connectivity index (χ0v) is 5.09. The first-order chi connectivity index (χ1) is 4.36. The van der Waals surface area contributed by atoms with Gasteiger partial charge in [0.25, 0.3) is 0 Å². The van der Waals surface area contributed by atoms with Crippen LogP contribution in [0.5, 0.6) is 0 Å². The number of nitrogens with zero attached hydrogens (tertiary/aromatic N) is 2. The molecule has 1 heterocycles. The maximum absolute atomic E-state index is 8.24. The van der Waals surface area contributed by atoms with Gasteiger partial charge in [-0.05, 0) is 6.42 Å². The Kier molecular flexibility index (Phi) is 1.50. The minimum Gasteiger partial charge on any atom is -0.437 e. The summed E-state index contributed by atoms with van der Waals surface area (Å²) in [5.74, 6) is 0.145. The molecule has 0 amide bonds. The van der Waals surface area contributed by atoms with Gasteiger partial charge in [0.05, 0.1) is 5.69 Å². The van der Waals surface area contributed by atoms with Gasteiger partial charge in [0.15, 0.2) is 6.07 Å². The summed E-state index contributed by atoms with van der Waals surface area (Å²) >= 11 is 0. The van der Waals surface area contributed by atoms with Crippen molar-refractivity contribution in [2.45, 2.75) is 13.3 Å². The van der Waals surface area contributed by atoms with Crippen LogP contribution in [-0.2, 0) is 6.42 Å². The zero-order valence-electron chi connectivity index (χ0n) is 5.09. The first-order valence-corrected chi connectivity index (χ1v) is 2.71. The zero-order chi connectivity index (χ0) is 6.69. The van der Waals surface area contributed by atoms with E-state index in [2.05, 4.69) is 4.98 Å². The minimum absolute atomic E-state index is 0.145. The smallest absolute Gasteiger partial charge is 0.300 e. The number of rotatable bonds is 1. The summed E-state index contributed by atoms with van der Waals surface area (Å²) in [5.41, 5.74) is 0.826. The monoisotopic (exact) mass is 122 g/mol. The van der Waals surface area contributed by atoms with Gasteiger partial charge in [-0.2, -0.15) is 5.26 Å². The van der Waals surface area contributed by atoms with Crippen molar-refractivity contribution in [1.82, 2.24) is 4.98 Å². The summed E-state index contributed by atoms with van der Waals surface area (Å²) in [5, 5.41) is 8.24. The summed E-state index contributed by atoms with van der Waals surface area (Å²) < 4.78 is 4.73. The summed E-state index contributed by atoms with van der Waals surface area (Å²) in [4.78, 5) is 3.82. The number of hydrogen-bond donors (Lipinski definition) is 0. The van der Waals surface area contributed by atoms with Gasteiger partial charge < -0.3 is 4.42 Å². The van der Waals surface area contributed by atoms with E-state index in [9.17, 15) is 0 Å². The van der Waals surface area contributed by atoms with Gasteiger partial charge in [-0.25, -0.2) is 4.98 Å². The molecule has 0 aliphatic carbocycles. The highest BCUT2D eigenvalue weighted by Gasteiger charge is 1.97. The van der Waals surface area contributed by atoms with Crippen molar-refractivity contribution in [3.8, 4) is 6.07 Å². The highest BCUT2D eigenvalue weighted by Crippen LogP contribution is 1.99. The Morgan fingerprint density at radius 1 is 1.89 bits per heavy atom. The highest BCUT2D eigenvalue weighted by molar-refractivity contribution is 5.08. The van der Waals surface area contributed by atoms with Crippen LogP contribution in [0.4, 0.5) is 0 Å². The van der Waals surface area contributed by atoms with E-state index < -0.39 is 0 Å². The summed E-state index contributed by atoms with van der Waals surface area (Å²) in [6, 6.07) is 1.80. The van der Waals surface area contributed by atoms with E-state index in [-0.39, 0.29) is 5.89 Å². The molecule has 0 N–H and O–H groups in total. The summed E-state index contributed by atoms with van der Waals surface area (Å²) in [6.07, 6.45) is 2.31. The van der Waals surface area contributed by atoms with Crippen LogP contribution in [0.25, 0.3) is 0 Å². The minimum atomic E-state index is 0.145. The molecule has 0 spiro atoms. The molecule has 0 saturated carbocycles. The fourth-order valence-corrected chi connectivity index (χ4v) is 0.521. The van der Waals surface area contributed by atoms with Crippen molar-refractivity contribution in [3.05, 3.63) is 17.8 Å². The Morgan fingerprint density at radius 3 is 3.00 bits per heavy atom. The van der Waals surface area contributed by atoms with E-state index in [0.29, 0.717) is 0 Å². The molecule has 3 nitrogen and oxygen atoms in total. The van der Waals surface area contributed by atoms with Crippen molar-refractivity contribution in [2.75, 3.05) is 0 Å². The molecule has 0 fully saturated rings. The first-order valence-electron chi connectivity index (χ1n) is 2.71. The average Bonchev–Trinajstić information content (AvgIpc) is 2.34. The molecule has 0 bridgehead atoms. The first kappa shape index (κ1) is 5.83. The molecular formula is C6H6N2O. The van der Waals surface area contributed by atoms with Crippen LogP contribution in [0, 0.1) is 11.3 Å². The van der Waals surface area contributed by atoms with E-state index in [1.54, 1.807) is 6.07 Å². The fraction of sp³-hybridized carbons (Fsp3) is 0.333. The topological polar surface area (TPSA) is 49.8 Å². The number of aryl methyl sites for hydroxylation is 1. The van der Waals surface area contributed by atoms with Gasteiger partial charge in [0, 0.05) is 0 Å². The second kappa shape index (κ2) is 2.31. The normalized spacial score (nSPS) is 8.89. The number of hydrogen-bond acceptors (Lipinski definition) is 3. The molecule has 0 unspecified atom stereocenters. The number of oxazole rings is 1. The van der Waals surface area contributed by atoms with Gasteiger partial charge >= 0.3 is 5.89 Å². The van der Waals surface area contributed by atoms with E-state index in [4.69, 9.17) is 9.68 Å². The van der Waals surface area contributed by atoms with E-state index in [1.165, 1.54) is 6.26 Å². The SMILES string of the molecule is CCc1coc(C#N)n1. The Hall–Kier alpha value is -1.30. The fourth-order valence-electron chi connectivity index (χ4n) is 0.521. The Morgan fingerprint density at radius 2 is 2.67 bits per heavy atom. The van der Waals surface area contributed by atoms with Gasteiger partial charge in [-0.15, -0.1) is 0 Å². The third kappa shape index (κ3) is 1.08. The van der Waals surface area contributed by atoms with Crippen LogP contribution >= 0.6 is 0 Å². The van der Waals surface area contributed by atoms with Crippen molar-refractivity contribution < 1.29 is 4.42 Å². The summed E-state index contributed by atoms with van der Waals surface area (Å²) in [7, 11) is 0. The second-order valence-electron chi connectivity index (χ2n) is 1.61. The van der Waals surface area contributed by atoms with Crippen LogP contribution in [0.3, 0.4) is 0 Å². The predicted octanol–water partition coefficient (Wildman–Crippen LogP) is 1.11. The Labute approximate surface area is 52.9 Å². The third-order valence-electron chi connectivity index (χ3n) is 1.01. The number of nitriles is 1. The largest absolute Gasteiger partial charge is 0.437 e. The van der Waals surface area contributed by atoms with Crippen molar-refractivity contribution in [1.29, 1.82) is 5.26 Å². The predicted molar refractivity (Wildman–Crippen MR) is 30.6 cm³/mol. The van der Waals surface area contributed by atoms with Crippen LogP contribution in [0.2, 0.25) is 0 Å². The molecule has 0 saturated heterocycles. The molecule has 9 heavy (non-hydrogen) atoms. The van der Waals surface area contributed by atoms with Gasteiger partial charge in [-0.1, -0.05) is 6.92 Å². The molecule has 0 aromatic carbocycles.